The summed E-state index contributed by atoms with van der Waals surface area (Å²) in [6.07, 6.45) is 2.39. The average Bonchev–Trinajstić information content (AvgIpc) is 2.16. The molecule has 0 heterocycles. The van der Waals surface area contributed by atoms with Gasteiger partial charge >= 0.3 is 5.97 Å². The Kier molecular flexibility index (Phi) is 6.75. The van der Waals surface area contributed by atoms with Gasteiger partial charge in [0.15, 0.2) is 0 Å². The molecule has 0 rings (SSSR count). The smallest absolute Gasteiger partial charge is 0.312 e. The number of aliphatic carboxylic acids is 1. The fraction of sp³-hybridized carbons (Fsp3) is 0.818. The van der Waals surface area contributed by atoms with Crippen LogP contribution in [0.15, 0.2) is 0 Å². The van der Waals surface area contributed by atoms with Crippen LogP contribution in [0.1, 0.15) is 46.5 Å². The lowest BCUT2D eigenvalue weighted by Gasteiger charge is -2.28. The number of hydrogen-bond donors (Lipinski definition) is 1. The number of carbonyl (C=O) groups excluding carboxylic acids is 1. The molecule has 0 aromatic rings. The van der Waals surface area contributed by atoms with Gasteiger partial charge in [0.1, 0.15) is 6.42 Å². The Morgan fingerprint density at radius 1 is 1.33 bits per heavy atom. The van der Waals surface area contributed by atoms with E-state index < -0.39 is 12.4 Å². The van der Waals surface area contributed by atoms with Crippen LogP contribution in [-0.2, 0) is 9.59 Å². The van der Waals surface area contributed by atoms with Gasteiger partial charge in [-0.25, -0.2) is 0 Å². The van der Waals surface area contributed by atoms with Crippen LogP contribution in [0.25, 0.3) is 0 Å². The van der Waals surface area contributed by atoms with Crippen LogP contribution in [0.2, 0.25) is 0 Å². The molecule has 0 fully saturated rings. The standard InChI is InChI=1S/C11H21NO3/c1-4-6-7-12(9(3)5-2)10(13)8-11(14)15/h9H,4-8H2,1-3H3,(H,14,15). The van der Waals surface area contributed by atoms with Gasteiger partial charge in [0.05, 0.1) is 0 Å². The Bertz CT molecular complexity index is 216. The van der Waals surface area contributed by atoms with Crippen molar-refractivity contribution in [3.05, 3.63) is 0 Å². The van der Waals surface area contributed by atoms with Crippen molar-refractivity contribution in [3.63, 3.8) is 0 Å². The highest BCUT2D eigenvalue weighted by atomic mass is 16.4. The molecule has 0 radical (unpaired) electrons. The summed E-state index contributed by atoms with van der Waals surface area (Å²) in [6, 6.07) is 0.128. The molecule has 0 aliphatic rings. The number of rotatable bonds is 7. The summed E-state index contributed by atoms with van der Waals surface area (Å²) in [7, 11) is 0. The molecule has 88 valence electrons. The van der Waals surface area contributed by atoms with Crippen LogP contribution in [0, 0.1) is 0 Å². The highest BCUT2D eigenvalue weighted by Gasteiger charge is 2.20. The first-order chi connectivity index (χ1) is 7.02. The van der Waals surface area contributed by atoms with E-state index in [9.17, 15) is 9.59 Å². The molecule has 0 bridgehead atoms. The van der Waals surface area contributed by atoms with E-state index >= 15 is 0 Å². The molecule has 1 amide bonds. The number of carboxylic acids is 1. The fourth-order valence-electron chi connectivity index (χ4n) is 1.37. The van der Waals surface area contributed by atoms with Gasteiger partial charge in [-0.3, -0.25) is 9.59 Å². The Labute approximate surface area is 91.3 Å². The molecule has 0 saturated carbocycles. The Hall–Kier alpha value is -1.06. The van der Waals surface area contributed by atoms with Gasteiger partial charge < -0.3 is 10.0 Å². The first-order valence-corrected chi connectivity index (χ1v) is 5.54. The van der Waals surface area contributed by atoms with Crippen LogP contribution in [0.5, 0.6) is 0 Å². The zero-order valence-electron chi connectivity index (χ0n) is 9.82. The van der Waals surface area contributed by atoms with Crippen molar-refractivity contribution >= 4 is 11.9 Å². The monoisotopic (exact) mass is 215 g/mol. The molecule has 1 unspecified atom stereocenters. The first kappa shape index (κ1) is 13.9. The van der Waals surface area contributed by atoms with E-state index in [2.05, 4.69) is 6.92 Å². The molecule has 0 aliphatic heterocycles. The van der Waals surface area contributed by atoms with Crippen LogP contribution in [0.3, 0.4) is 0 Å². The molecule has 1 N–H and O–H groups in total. The predicted octanol–water partition coefficient (Wildman–Crippen LogP) is 1.89. The van der Waals surface area contributed by atoms with Crippen molar-refractivity contribution in [2.75, 3.05) is 6.54 Å². The van der Waals surface area contributed by atoms with Gasteiger partial charge in [-0.05, 0) is 19.8 Å². The summed E-state index contributed by atoms with van der Waals surface area (Å²) in [5.41, 5.74) is 0. The maximum atomic E-state index is 11.6. The average molecular weight is 215 g/mol. The maximum Gasteiger partial charge on any atom is 0.312 e. The van der Waals surface area contributed by atoms with Gasteiger partial charge in [0.2, 0.25) is 5.91 Å². The molecule has 4 heteroatoms. The van der Waals surface area contributed by atoms with E-state index in [0.717, 1.165) is 19.3 Å². The third-order valence-electron chi connectivity index (χ3n) is 2.50. The van der Waals surface area contributed by atoms with Crippen molar-refractivity contribution in [2.24, 2.45) is 0 Å². The van der Waals surface area contributed by atoms with Gasteiger partial charge in [-0.1, -0.05) is 20.3 Å². The molecule has 1 atom stereocenters. The zero-order chi connectivity index (χ0) is 11.8. The number of carbonyl (C=O) groups is 2. The lowest BCUT2D eigenvalue weighted by atomic mass is 10.2. The van der Waals surface area contributed by atoms with Gasteiger partial charge in [-0.15, -0.1) is 0 Å². The number of hydrogen-bond acceptors (Lipinski definition) is 2. The molecule has 15 heavy (non-hydrogen) atoms. The van der Waals surface area contributed by atoms with Crippen molar-refractivity contribution < 1.29 is 14.7 Å². The minimum atomic E-state index is -1.05. The normalized spacial score (nSPS) is 12.2. The quantitative estimate of drug-likeness (QED) is 0.660. The summed E-state index contributed by atoms with van der Waals surface area (Å²) < 4.78 is 0. The molecule has 0 aromatic heterocycles. The highest BCUT2D eigenvalue weighted by Crippen LogP contribution is 2.08. The van der Waals surface area contributed by atoms with Crippen LogP contribution in [0.4, 0.5) is 0 Å². The Morgan fingerprint density at radius 3 is 2.33 bits per heavy atom. The lowest BCUT2D eigenvalue weighted by molar-refractivity contribution is -0.145. The van der Waals surface area contributed by atoms with Crippen molar-refractivity contribution in [3.8, 4) is 0 Å². The van der Waals surface area contributed by atoms with Crippen molar-refractivity contribution in [1.29, 1.82) is 0 Å². The maximum absolute atomic E-state index is 11.6. The van der Waals surface area contributed by atoms with Crippen LogP contribution < -0.4 is 0 Å². The molecule has 0 saturated heterocycles. The Morgan fingerprint density at radius 2 is 1.93 bits per heavy atom. The number of amides is 1. The molecule has 4 nitrogen and oxygen atoms in total. The van der Waals surface area contributed by atoms with Crippen LogP contribution >= 0.6 is 0 Å². The molecule has 0 aliphatic carbocycles. The minimum Gasteiger partial charge on any atom is -0.481 e. The largest absolute Gasteiger partial charge is 0.481 e. The topological polar surface area (TPSA) is 57.6 Å². The van der Waals surface area contributed by atoms with Crippen LogP contribution in [-0.4, -0.2) is 34.5 Å². The first-order valence-electron chi connectivity index (χ1n) is 5.54. The Balaban J connectivity index is 4.33. The highest BCUT2D eigenvalue weighted by molar-refractivity contribution is 5.93. The van der Waals surface area contributed by atoms with Gasteiger partial charge in [-0.2, -0.15) is 0 Å². The minimum absolute atomic E-state index is 0.128. The number of unbranched alkanes of at least 4 members (excludes halogenated alkanes) is 1. The predicted molar refractivity (Wildman–Crippen MR) is 58.6 cm³/mol. The van der Waals surface area contributed by atoms with Gasteiger partial charge in [0.25, 0.3) is 0 Å². The third kappa shape index (κ3) is 5.40. The fourth-order valence-corrected chi connectivity index (χ4v) is 1.37. The lowest BCUT2D eigenvalue weighted by Crippen LogP contribution is -2.39. The molecular weight excluding hydrogens is 194 g/mol. The second kappa shape index (κ2) is 7.26. The van der Waals surface area contributed by atoms with Crippen molar-refractivity contribution in [1.82, 2.24) is 4.90 Å². The summed E-state index contributed by atoms with van der Waals surface area (Å²) in [5.74, 6) is -1.32. The second-order valence-electron chi connectivity index (χ2n) is 3.77. The van der Waals surface area contributed by atoms with E-state index in [0.29, 0.717) is 6.54 Å². The van der Waals surface area contributed by atoms with E-state index in [1.54, 1.807) is 4.90 Å². The van der Waals surface area contributed by atoms with E-state index in [4.69, 9.17) is 5.11 Å². The van der Waals surface area contributed by atoms with E-state index in [1.165, 1.54) is 0 Å². The summed E-state index contributed by atoms with van der Waals surface area (Å²) in [6.45, 7) is 6.67. The molecular formula is C11H21NO3. The van der Waals surface area contributed by atoms with E-state index in [-0.39, 0.29) is 11.9 Å². The number of nitrogens with zero attached hydrogens (tertiary/aromatic N) is 1. The van der Waals surface area contributed by atoms with Gasteiger partial charge in [0, 0.05) is 12.6 Å². The third-order valence-corrected chi connectivity index (χ3v) is 2.50. The summed E-state index contributed by atoms with van der Waals surface area (Å²) >= 11 is 0. The molecule has 0 aromatic carbocycles. The SMILES string of the molecule is CCCCN(C(=O)CC(=O)O)C(C)CC. The second-order valence-corrected chi connectivity index (χ2v) is 3.77. The zero-order valence-corrected chi connectivity index (χ0v) is 9.82. The summed E-state index contributed by atoms with van der Waals surface area (Å²) in [5, 5.41) is 8.57. The van der Waals surface area contributed by atoms with Crippen molar-refractivity contribution in [2.45, 2.75) is 52.5 Å². The van der Waals surface area contributed by atoms with E-state index in [1.807, 2.05) is 13.8 Å². The summed E-state index contributed by atoms with van der Waals surface area (Å²) in [4.78, 5) is 23.7. The molecule has 0 spiro atoms. The number of carboxylic acid groups (broad SMARTS) is 1.